The van der Waals surface area contributed by atoms with Crippen LogP contribution in [0.5, 0.6) is 0 Å². The van der Waals surface area contributed by atoms with Gasteiger partial charge < -0.3 is 16.4 Å². The van der Waals surface area contributed by atoms with E-state index in [1.807, 2.05) is 0 Å². The second-order valence-corrected chi connectivity index (χ2v) is 6.50. The summed E-state index contributed by atoms with van der Waals surface area (Å²) in [5, 5.41) is 12.3. The molecule has 0 unspecified atom stereocenters. The second kappa shape index (κ2) is 9.55. The fraction of sp³-hybridized carbons (Fsp3) is 0.312. The number of carbonyl (C=O) groups excluding carboxylic acids is 2. The highest BCUT2D eigenvalue weighted by Crippen LogP contribution is 2.25. The number of carbonyl (C=O) groups is 2. The van der Waals surface area contributed by atoms with E-state index in [4.69, 9.17) is 17.3 Å². The third-order valence-corrected chi connectivity index (χ3v) is 4.55. The number of aromatic nitrogens is 2. The first-order valence-electron chi connectivity index (χ1n) is 7.82. The number of unbranched alkanes of at least 4 members (excludes halogenated alkanes) is 2. The van der Waals surface area contributed by atoms with Crippen LogP contribution in [-0.2, 0) is 0 Å². The van der Waals surface area contributed by atoms with E-state index in [0.717, 1.165) is 19.3 Å². The lowest BCUT2D eigenvalue weighted by atomic mass is 10.2. The molecule has 134 valence electrons. The Bertz CT molecular complexity index is 750. The molecule has 0 aliphatic carbocycles. The molecule has 2 amide bonds. The molecule has 0 radical (unpaired) electrons. The Kier molecular flexibility index (Phi) is 7.42. The van der Waals surface area contributed by atoms with Gasteiger partial charge in [0.25, 0.3) is 11.8 Å². The van der Waals surface area contributed by atoms with Crippen LogP contribution in [0.1, 0.15) is 40.1 Å². The van der Waals surface area contributed by atoms with Gasteiger partial charge in [-0.05, 0) is 47.4 Å². The van der Waals surface area contributed by atoms with Crippen molar-refractivity contribution >= 4 is 45.2 Å². The van der Waals surface area contributed by atoms with Crippen LogP contribution in [0, 0.1) is 0 Å². The van der Waals surface area contributed by atoms with E-state index >= 15 is 0 Å². The summed E-state index contributed by atoms with van der Waals surface area (Å²) in [5.41, 5.74) is 5.99. The van der Waals surface area contributed by atoms with Gasteiger partial charge in [-0.1, -0.05) is 30.2 Å². The van der Waals surface area contributed by atoms with E-state index in [-0.39, 0.29) is 17.4 Å². The molecule has 0 spiro atoms. The lowest BCUT2D eigenvalue weighted by Crippen LogP contribution is -2.25. The van der Waals surface area contributed by atoms with Crippen LogP contribution >= 0.6 is 27.5 Å². The summed E-state index contributed by atoms with van der Waals surface area (Å²) in [7, 11) is 0. The zero-order chi connectivity index (χ0) is 18.2. The number of anilines is 1. The molecule has 7 nitrogen and oxygen atoms in total. The lowest BCUT2D eigenvalue weighted by Gasteiger charge is -2.05. The Balaban J connectivity index is 1.97. The number of H-pyrrole nitrogens is 1. The van der Waals surface area contributed by atoms with Crippen molar-refractivity contribution in [2.45, 2.75) is 19.3 Å². The van der Waals surface area contributed by atoms with Crippen molar-refractivity contribution in [2.75, 3.05) is 18.4 Å². The van der Waals surface area contributed by atoms with E-state index in [0.29, 0.717) is 28.1 Å². The highest BCUT2D eigenvalue weighted by molar-refractivity contribution is 9.10. The first kappa shape index (κ1) is 19.4. The molecule has 0 aliphatic rings. The third kappa shape index (κ3) is 5.29. The Morgan fingerprint density at radius 1 is 1.20 bits per heavy atom. The second-order valence-electron chi connectivity index (χ2n) is 5.30. The minimum atomic E-state index is -0.411. The molecule has 25 heavy (non-hydrogen) atoms. The van der Waals surface area contributed by atoms with Crippen molar-refractivity contribution in [1.82, 2.24) is 15.5 Å². The summed E-state index contributed by atoms with van der Waals surface area (Å²) < 4.78 is 0.382. The van der Waals surface area contributed by atoms with Crippen LogP contribution < -0.4 is 16.4 Å². The molecule has 0 bridgehead atoms. The van der Waals surface area contributed by atoms with Gasteiger partial charge in [-0.2, -0.15) is 5.10 Å². The van der Waals surface area contributed by atoms with Gasteiger partial charge in [0.2, 0.25) is 0 Å². The number of halogens is 2. The van der Waals surface area contributed by atoms with Crippen LogP contribution in [0.4, 0.5) is 5.82 Å². The highest BCUT2D eigenvalue weighted by atomic mass is 79.9. The number of aromatic amines is 1. The number of hydrogen-bond donors (Lipinski definition) is 4. The van der Waals surface area contributed by atoms with Gasteiger partial charge in [-0.3, -0.25) is 14.7 Å². The highest BCUT2D eigenvalue weighted by Gasteiger charge is 2.19. The van der Waals surface area contributed by atoms with E-state index in [1.165, 1.54) is 0 Å². The predicted octanol–water partition coefficient (Wildman–Crippen LogP) is 2.94. The molecule has 1 aromatic carbocycles. The van der Waals surface area contributed by atoms with Gasteiger partial charge in [-0.25, -0.2) is 0 Å². The molecule has 1 heterocycles. The largest absolute Gasteiger partial charge is 0.351 e. The van der Waals surface area contributed by atoms with Gasteiger partial charge in [0.1, 0.15) is 5.69 Å². The summed E-state index contributed by atoms with van der Waals surface area (Å²) in [6.45, 7) is 1.19. The maximum atomic E-state index is 12.3. The number of nitrogens with two attached hydrogens (primary N) is 1. The van der Waals surface area contributed by atoms with Gasteiger partial charge in [-0.15, -0.1) is 0 Å². The van der Waals surface area contributed by atoms with Crippen molar-refractivity contribution in [3.63, 3.8) is 0 Å². The number of nitrogens with zero attached hydrogens (tertiary/aromatic N) is 1. The molecule has 9 heteroatoms. The Morgan fingerprint density at radius 3 is 2.68 bits per heavy atom. The topological polar surface area (TPSA) is 113 Å². The van der Waals surface area contributed by atoms with E-state index in [9.17, 15) is 9.59 Å². The zero-order valence-corrected chi connectivity index (χ0v) is 15.8. The van der Waals surface area contributed by atoms with Crippen LogP contribution in [0.25, 0.3) is 0 Å². The van der Waals surface area contributed by atoms with Gasteiger partial charge in [0.15, 0.2) is 5.82 Å². The van der Waals surface area contributed by atoms with Gasteiger partial charge in [0, 0.05) is 6.54 Å². The first-order chi connectivity index (χ1) is 12.0. The van der Waals surface area contributed by atoms with Gasteiger partial charge >= 0.3 is 0 Å². The molecule has 0 saturated heterocycles. The molecule has 0 saturated carbocycles. The maximum absolute atomic E-state index is 12.3. The Hall–Kier alpha value is -1.90. The minimum absolute atomic E-state index is 0.221. The van der Waals surface area contributed by atoms with Crippen molar-refractivity contribution in [1.29, 1.82) is 0 Å². The smallest absolute Gasteiger partial charge is 0.270 e. The maximum Gasteiger partial charge on any atom is 0.270 e. The third-order valence-electron chi connectivity index (χ3n) is 3.45. The summed E-state index contributed by atoms with van der Waals surface area (Å²) >= 11 is 9.29. The Labute approximate surface area is 158 Å². The average Bonchev–Trinajstić information content (AvgIpc) is 2.95. The summed E-state index contributed by atoms with van der Waals surface area (Å²) in [6.07, 6.45) is 2.74. The van der Waals surface area contributed by atoms with E-state index in [2.05, 4.69) is 36.8 Å². The molecular weight excluding hydrogens is 410 g/mol. The number of rotatable bonds is 8. The zero-order valence-electron chi connectivity index (χ0n) is 13.4. The fourth-order valence-corrected chi connectivity index (χ4v) is 2.80. The molecule has 0 atom stereocenters. The van der Waals surface area contributed by atoms with Crippen LogP contribution in [0.3, 0.4) is 0 Å². The Morgan fingerprint density at radius 2 is 1.96 bits per heavy atom. The van der Waals surface area contributed by atoms with Crippen LogP contribution in [0.15, 0.2) is 28.7 Å². The quantitative estimate of drug-likeness (QED) is 0.484. The number of benzene rings is 1. The van der Waals surface area contributed by atoms with E-state index in [1.54, 1.807) is 24.3 Å². The monoisotopic (exact) mass is 427 g/mol. The van der Waals surface area contributed by atoms with Crippen molar-refractivity contribution in [3.8, 4) is 0 Å². The van der Waals surface area contributed by atoms with E-state index < -0.39 is 5.91 Å². The molecular formula is C16H19BrClN5O2. The first-order valence-corrected chi connectivity index (χ1v) is 8.99. The molecule has 0 aliphatic heterocycles. The molecule has 0 fully saturated rings. The standard InChI is InChI=1S/C16H19BrClN5O2/c17-12-13(16(25)20-9-5-1-4-8-19)22-23-14(12)21-15(24)10-6-2-3-7-11(10)18/h2-3,6-7H,1,4-5,8-9,19H2,(H,20,25)(H2,21,22,23,24). The average molecular weight is 429 g/mol. The van der Waals surface area contributed by atoms with Crippen molar-refractivity contribution in [2.24, 2.45) is 5.73 Å². The molecule has 2 rings (SSSR count). The summed E-state index contributed by atoms with van der Waals surface area (Å²) in [4.78, 5) is 24.4. The normalized spacial score (nSPS) is 10.5. The summed E-state index contributed by atoms with van der Waals surface area (Å²) in [6, 6.07) is 6.68. The lowest BCUT2D eigenvalue weighted by molar-refractivity contribution is 0.0946. The van der Waals surface area contributed by atoms with Crippen LogP contribution in [-0.4, -0.2) is 35.1 Å². The van der Waals surface area contributed by atoms with Crippen molar-refractivity contribution in [3.05, 3.63) is 45.0 Å². The van der Waals surface area contributed by atoms with Gasteiger partial charge in [0.05, 0.1) is 15.1 Å². The number of amides is 2. The SMILES string of the molecule is NCCCCCNC(=O)c1[nH]nc(NC(=O)c2ccccc2Cl)c1Br. The number of hydrogen-bond acceptors (Lipinski definition) is 4. The molecule has 2 aromatic rings. The molecule has 5 N–H and O–H groups in total. The minimum Gasteiger partial charge on any atom is -0.351 e. The predicted molar refractivity (Wildman–Crippen MR) is 101 cm³/mol. The van der Waals surface area contributed by atoms with Crippen LogP contribution in [0.2, 0.25) is 5.02 Å². The van der Waals surface area contributed by atoms with Crippen molar-refractivity contribution < 1.29 is 9.59 Å². The molecule has 1 aromatic heterocycles. The fourth-order valence-electron chi connectivity index (χ4n) is 2.12. The summed E-state index contributed by atoms with van der Waals surface area (Å²) in [5.74, 6) is -0.491. The number of nitrogens with one attached hydrogen (secondary N) is 3.